The average molecular weight is 367 g/mol. The SMILES string of the molecule is O=C(COC(=O)c1cccnc1N1CCCC1)NCCCc1ccccc1. The van der Waals surface area contributed by atoms with Gasteiger partial charge in [-0.15, -0.1) is 0 Å². The molecule has 1 aliphatic heterocycles. The molecule has 27 heavy (non-hydrogen) atoms. The Hall–Kier alpha value is -2.89. The molecule has 0 bridgehead atoms. The van der Waals surface area contributed by atoms with Crippen LogP contribution < -0.4 is 10.2 Å². The number of pyridine rings is 1. The molecule has 1 N–H and O–H groups in total. The van der Waals surface area contributed by atoms with Gasteiger partial charge in [-0.05, 0) is 43.4 Å². The topological polar surface area (TPSA) is 71.5 Å². The minimum absolute atomic E-state index is 0.279. The Bertz CT molecular complexity index is 758. The summed E-state index contributed by atoms with van der Waals surface area (Å²) >= 11 is 0. The highest BCUT2D eigenvalue weighted by atomic mass is 16.5. The van der Waals surface area contributed by atoms with Crippen LogP contribution in [0.1, 0.15) is 35.2 Å². The zero-order chi connectivity index (χ0) is 18.9. The van der Waals surface area contributed by atoms with Crippen LogP contribution in [-0.2, 0) is 16.0 Å². The fraction of sp³-hybridized carbons (Fsp3) is 0.381. The Balaban J connectivity index is 1.42. The van der Waals surface area contributed by atoms with Gasteiger partial charge in [-0.2, -0.15) is 0 Å². The van der Waals surface area contributed by atoms with E-state index < -0.39 is 5.97 Å². The third-order valence-corrected chi connectivity index (χ3v) is 4.55. The Labute approximate surface area is 159 Å². The lowest BCUT2D eigenvalue weighted by molar-refractivity contribution is -0.124. The van der Waals surface area contributed by atoms with Gasteiger partial charge in [-0.25, -0.2) is 9.78 Å². The van der Waals surface area contributed by atoms with Crippen LogP contribution in [0.15, 0.2) is 48.7 Å². The molecule has 1 aromatic carbocycles. The fourth-order valence-electron chi connectivity index (χ4n) is 3.16. The van der Waals surface area contributed by atoms with E-state index in [9.17, 15) is 9.59 Å². The van der Waals surface area contributed by atoms with E-state index in [0.717, 1.165) is 38.8 Å². The van der Waals surface area contributed by atoms with Crippen molar-refractivity contribution in [1.82, 2.24) is 10.3 Å². The molecule has 0 saturated carbocycles. The van der Waals surface area contributed by atoms with Crippen molar-refractivity contribution in [2.75, 3.05) is 31.1 Å². The number of ether oxygens (including phenoxy) is 1. The van der Waals surface area contributed by atoms with Crippen LogP contribution in [0.3, 0.4) is 0 Å². The van der Waals surface area contributed by atoms with Crippen LogP contribution in [-0.4, -0.2) is 43.1 Å². The summed E-state index contributed by atoms with van der Waals surface area (Å²) in [6.07, 6.45) is 5.60. The molecule has 2 heterocycles. The van der Waals surface area contributed by atoms with Crippen molar-refractivity contribution in [1.29, 1.82) is 0 Å². The molecule has 0 atom stereocenters. The van der Waals surface area contributed by atoms with Gasteiger partial charge in [0.15, 0.2) is 6.61 Å². The van der Waals surface area contributed by atoms with Crippen LogP contribution in [0.25, 0.3) is 0 Å². The lowest BCUT2D eigenvalue weighted by atomic mass is 10.1. The molecule has 1 saturated heterocycles. The molecule has 1 fully saturated rings. The Morgan fingerprint density at radius 1 is 1.07 bits per heavy atom. The molecule has 0 radical (unpaired) electrons. The molecule has 0 unspecified atom stereocenters. The number of nitrogens with zero attached hydrogens (tertiary/aromatic N) is 2. The number of aryl methyl sites for hydroxylation is 1. The summed E-state index contributed by atoms with van der Waals surface area (Å²) in [4.78, 5) is 30.7. The second-order valence-corrected chi connectivity index (χ2v) is 6.58. The molecule has 142 valence electrons. The number of hydrogen-bond acceptors (Lipinski definition) is 5. The van der Waals surface area contributed by atoms with Crippen LogP contribution >= 0.6 is 0 Å². The molecule has 0 spiro atoms. The first-order chi connectivity index (χ1) is 13.2. The van der Waals surface area contributed by atoms with E-state index >= 15 is 0 Å². The van der Waals surface area contributed by atoms with Crippen molar-refractivity contribution in [2.24, 2.45) is 0 Å². The number of esters is 1. The summed E-state index contributed by atoms with van der Waals surface area (Å²) in [5, 5.41) is 2.79. The highest BCUT2D eigenvalue weighted by Gasteiger charge is 2.21. The minimum Gasteiger partial charge on any atom is -0.452 e. The number of nitrogens with one attached hydrogen (secondary N) is 1. The van der Waals surface area contributed by atoms with Gasteiger partial charge in [-0.1, -0.05) is 30.3 Å². The zero-order valence-electron chi connectivity index (χ0n) is 15.4. The second kappa shape index (κ2) is 9.71. The van der Waals surface area contributed by atoms with E-state index in [1.165, 1.54) is 5.56 Å². The summed E-state index contributed by atoms with van der Waals surface area (Å²) < 4.78 is 5.19. The predicted molar refractivity (Wildman–Crippen MR) is 104 cm³/mol. The van der Waals surface area contributed by atoms with E-state index in [1.807, 2.05) is 18.2 Å². The molecule has 1 amide bonds. The van der Waals surface area contributed by atoms with Gasteiger partial charge in [0, 0.05) is 25.8 Å². The summed E-state index contributed by atoms with van der Waals surface area (Å²) in [6.45, 7) is 2.05. The highest BCUT2D eigenvalue weighted by molar-refractivity contribution is 5.96. The molecule has 3 rings (SSSR count). The number of carbonyl (C=O) groups excluding carboxylic acids is 2. The Morgan fingerprint density at radius 2 is 1.85 bits per heavy atom. The van der Waals surface area contributed by atoms with E-state index in [0.29, 0.717) is 17.9 Å². The number of amides is 1. The summed E-state index contributed by atoms with van der Waals surface area (Å²) in [5.41, 5.74) is 1.65. The lowest BCUT2D eigenvalue weighted by Gasteiger charge is -2.18. The summed E-state index contributed by atoms with van der Waals surface area (Å²) in [6, 6.07) is 13.5. The van der Waals surface area contributed by atoms with Gasteiger partial charge >= 0.3 is 5.97 Å². The van der Waals surface area contributed by atoms with Gasteiger partial charge in [0.2, 0.25) is 0 Å². The number of hydrogen-bond donors (Lipinski definition) is 1. The number of aromatic nitrogens is 1. The van der Waals surface area contributed by atoms with Crippen LogP contribution in [0, 0.1) is 0 Å². The third-order valence-electron chi connectivity index (χ3n) is 4.55. The molecule has 6 heteroatoms. The maximum absolute atomic E-state index is 12.4. The molecular formula is C21H25N3O3. The maximum Gasteiger partial charge on any atom is 0.342 e. The monoisotopic (exact) mass is 367 g/mol. The zero-order valence-corrected chi connectivity index (χ0v) is 15.4. The Morgan fingerprint density at radius 3 is 2.63 bits per heavy atom. The van der Waals surface area contributed by atoms with E-state index in [2.05, 4.69) is 27.3 Å². The van der Waals surface area contributed by atoms with Crippen molar-refractivity contribution in [3.8, 4) is 0 Å². The van der Waals surface area contributed by atoms with Gasteiger partial charge < -0.3 is 15.0 Å². The number of anilines is 1. The van der Waals surface area contributed by atoms with Crippen molar-refractivity contribution < 1.29 is 14.3 Å². The first-order valence-corrected chi connectivity index (χ1v) is 9.42. The van der Waals surface area contributed by atoms with Gasteiger partial charge in [-0.3, -0.25) is 4.79 Å². The first kappa shape index (κ1) is 18.9. The molecule has 1 aromatic heterocycles. The molecule has 1 aliphatic rings. The van der Waals surface area contributed by atoms with Gasteiger partial charge in [0.05, 0.1) is 0 Å². The molecule has 2 aromatic rings. The van der Waals surface area contributed by atoms with Crippen LogP contribution in [0.4, 0.5) is 5.82 Å². The van der Waals surface area contributed by atoms with Crippen molar-refractivity contribution in [2.45, 2.75) is 25.7 Å². The van der Waals surface area contributed by atoms with Crippen molar-refractivity contribution in [3.05, 3.63) is 59.8 Å². The van der Waals surface area contributed by atoms with Crippen LogP contribution in [0.5, 0.6) is 0 Å². The average Bonchev–Trinajstić information content (AvgIpc) is 3.25. The lowest BCUT2D eigenvalue weighted by Crippen LogP contribution is -2.30. The van der Waals surface area contributed by atoms with E-state index in [1.54, 1.807) is 18.3 Å². The number of rotatable bonds is 8. The molecule has 0 aliphatic carbocycles. The fourth-order valence-corrected chi connectivity index (χ4v) is 3.16. The highest BCUT2D eigenvalue weighted by Crippen LogP contribution is 2.22. The number of benzene rings is 1. The predicted octanol–water partition coefficient (Wildman–Crippen LogP) is 2.59. The quantitative estimate of drug-likeness (QED) is 0.574. The number of carbonyl (C=O) groups is 2. The van der Waals surface area contributed by atoms with Crippen molar-refractivity contribution in [3.63, 3.8) is 0 Å². The standard InChI is InChI=1S/C21H25N3O3/c25-19(22-12-6-10-17-8-2-1-3-9-17)16-27-21(26)18-11-7-13-23-20(18)24-14-4-5-15-24/h1-3,7-9,11,13H,4-6,10,12,14-16H2,(H,22,25). The summed E-state index contributed by atoms with van der Waals surface area (Å²) in [7, 11) is 0. The first-order valence-electron chi connectivity index (χ1n) is 9.42. The van der Waals surface area contributed by atoms with Crippen molar-refractivity contribution >= 4 is 17.7 Å². The van der Waals surface area contributed by atoms with E-state index in [4.69, 9.17) is 4.74 Å². The van der Waals surface area contributed by atoms with Crippen LogP contribution in [0.2, 0.25) is 0 Å². The second-order valence-electron chi connectivity index (χ2n) is 6.58. The largest absolute Gasteiger partial charge is 0.452 e. The maximum atomic E-state index is 12.4. The minimum atomic E-state index is -0.510. The Kier molecular flexibility index (Phi) is 6.79. The summed E-state index contributed by atoms with van der Waals surface area (Å²) in [5.74, 6) is -0.157. The normalized spacial score (nSPS) is 13.4. The molecule has 6 nitrogen and oxygen atoms in total. The molecular weight excluding hydrogens is 342 g/mol. The smallest absolute Gasteiger partial charge is 0.342 e. The third kappa shape index (κ3) is 5.54. The van der Waals surface area contributed by atoms with Gasteiger partial charge in [0.25, 0.3) is 5.91 Å². The van der Waals surface area contributed by atoms with E-state index in [-0.39, 0.29) is 12.5 Å². The van der Waals surface area contributed by atoms with Gasteiger partial charge in [0.1, 0.15) is 11.4 Å².